The van der Waals surface area contributed by atoms with Crippen molar-refractivity contribution in [2.45, 2.75) is 69.6 Å². The van der Waals surface area contributed by atoms with Gasteiger partial charge in [0, 0.05) is 23.2 Å². The Morgan fingerprint density at radius 3 is 2.42 bits per heavy atom. The maximum atomic E-state index is 13.5. The van der Waals surface area contributed by atoms with E-state index in [1.165, 1.54) is 11.0 Å². The van der Waals surface area contributed by atoms with Gasteiger partial charge in [-0.2, -0.15) is 0 Å². The lowest BCUT2D eigenvalue weighted by atomic mass is 9.98. The van der Waals surface area contributed by atoms with Gasteiger partial charge in [0.25, 0.3) is 11.8 Å². The van der Waals surface area contributed by atoms with Crippen LogP contribution in [0.4, 0.5) is 0 Å². The first-order chi connectivity index (χ1) is 16.9. The van der Waals surface area contributed by atoms with Crippen LogP contribution in [0.3, 0.4) is 0 Å². The topological polar surface area (TPSA) is 119 Å². The first-order valence-corrected chi connectivity index (χ1v) is 12.4. The largest absolute Gasteiger partial charge is 0.508 e. The van der Waals surface area contributed by atoms with Crippen molar-refractivity contribution < 1.29 is 24.6 Å². The van der Waals surface area contributed by atoms with E-state index >= 15 is 0 Å². The summed E-state index contributed by atoms with van der Waals surface area (Å²) in [7, 11) is 0. The number of aliphatic hydroxyl groups excluding tert-OH is 1. The van der Waals surface area contributed by atoms with Gasteiger partial charge in [0.2, 0.25) is 5.91 Å². The van der Waals surface area contributed by atoms with Crippen molar-refractivity contribution in [3.63, 3.8) is 0 Å². The smallest absolute Gasteiger partial charge is 0.254 e. The zero-order valence-electron chi connectivity index (χ0n) is 21.0. The van der Waals surface area contributed by atoms with Crippen LogP contribution in [0.15, 0.2) is 48.5 Å². The van der Waals surface area contributed by atoms with E-state index in [1.54, 1.807) is 19.1 Å². The van der Waals surface area contributed by atoms with Crippen LogP contribution in [-0.4, -0.2) is 68.5 Å². The van der Waals surface area contributed by atoms with Gasteiger partial charge in [-0.3, -0.25) is 14.4 Å². The molecule has 0 saturated carbocycles. The molecule has 1 fully saturated rings. The van der Waals surface area contributed by atoms with Gasteiger partial charge < -0.3 is 25.7 Å². The summed E-state index contributed by atoms with van der Waals surface area (Å²) < 4.78 is 0. The third kappa shape index (κ3) is 6.77. The lowest BCUT2D eigenvalue weighted by molar-refractivity contribution is -0.146. The third-order valence-electron chi connectivity index (χ3n) is 6.13. The zero-order chi connectivity index (χ0) is 26.6. The van der Waals surface area contributed by atoms with Crippen molar-refractivity contribution in [2.24, 2.45) is 0 Å². The van der Waals surface area contributed by atoms with E-state index in [1.807, 2.05) is 51.1 Å². The average Bonchev–Trinajstić information content (AvgIpc) is 3.21. The predicted molar refractivity (Wildman–Crippen MR) is 138 cm³/mol. The number of phenols is 1. The number of hydrogen-bond acceptors (Lipinski definition) is 5. The second-order valence-corrected chi connectivity index (χ2v) is 10.9. The van der Waals surface area contributed by atoms with Crippen molar-refractivity contribution in [2.75, 3.05) is 6.54 Å². The Balaban J connectivity index is 1.86. The number of amides is 3. The van der Waals surface area contributed by atoms with Gasteiger partial charge in [-0.25, -0.2) is 0 Å². The quantitative estimate of drug-likeness (QED) is 0.422. The molecule has 4 unspecified atom stereocenters. The van der Waals surface area contributed by atoms with E-state index in [9.17, 15) is 24.6 Å². The third-order valence-corrected chi connectivity index (χ3v) is 6.45. The fourth-order valence-corrected chi connectivity index (χ4v) is 4.61. The Labute approximate surface area is 216 Å². The highest BCUT2D eigenvalue weighted by Crippen LogP contribution is 2.25. The fraction of sp³-hybridized carbons (Fsp3) is 0.444. The number of aromatic hydroxyl groups is 1. The molecular weight excluding hydrogens is 482 g/mol. The molecule has 1 aliphatic heterocycles. The molecule has 36 heavy (non-hydrogen) atoms. The second kappa shape index (κ2) is 11.3. The van der Waals surface area contributed by atoms with Crippen molar-refractivity contribution >= 4 is 29.3 Å². The van der Waals surface area contributed by atoms with Crippen molar-refractivity contribution in [3.8, 4) is 5.75 Å². The molecule has 4 atom stereocenters. The maximum absolute atomic E-state index is 13.5. The summed E-state index contributed by atoms with van der Waals surface area (Å²) >= 11 is 6.32. The number of likely N-dealkylation sites (tertiary alicyclic amines) is 1. The molecule has 8 nitrogen and oxygen atoms in total. The van der Waals surface area contributed by atoms with E-state index in [4.69, 9.17) is 11.6 Å². The standard InChI is InChI=1S/C27H34ClN3O5/c1-16-19(11-8-12-22(16)32)24(34)29-20(13-17-9-6-5-7-10-17)23(33)26(36)31-15-18(28)14-21(31)25(35)30-27(2,3)4/h5-12,18,20-21,23,32-33H,13-15H2,1-4H3,(H,29,34)(H,30,35). The van der Waals surface area contributed by atoms with Gasteiger partial charge in [-0.1, -0.05) is 36.4 Å². The summed E-state index contributed by atoms with van der Waals surface area (Å²) in [4.78, 5) is 40.8. The Bertz CT molecular complexity index is 1100. The minimum atomic E-state index is -1.63. The minimum absolute atomic E-state index is 0.0307. The minimum Gasteiger partial charge on any atom is -0.508 e. The van der Waals surface area contributed by atoms with Crippen LogP contribution in [0.1, 0.15) is 48.7 Å². The van der Waals surface area contributed by atoms with Gasteiger partial charge in [0.15, 0.2) is 6.10 Å². The van der Waals surface area contributed by atoms with Crippen LogP contribution in [0.2, 0.25) is 0 Å². The number of halogens is 1. The van der Waals surface area contributed by atoms with E-state index in [2.05, 4.69) is 10.6 Å². The number of benzene rings is 2. The molecule has 2 aromatic carbocycles. The zero-order valence-corrected chi connectivity index (χ0v) is 21.7. The van der Waals surface area contributed by atoms with Crippen LogP contribution in [0.5, 0.6) is 5.75 Å². The van der Waals surface area contributed by atoms with E-state index in [0.29, 0.717) is 5.56 Å². The van der Waals surface area contributed by atoms with Crippen LogP contribution < -0.4 is 10.6 Å². The molecule has 4 N–H and O–H groups in total. The Hall–Kier alpha value is -3.10. The Morgan fingerprint density at radius 2 is 1.78 bits per heavy atom. The highest BCUT2D eigenvalue weighted by Gasteiger charge is 2.43. The van der Waals surface area contributed by atoms with Gasteiger partial charge in [0.1, 0.15) is 11.8 Å². The predicted octanol–water partition coefficient (Wildman–Crippen LogP) is 2.53. The first-order valence-electron chi connectivity index (χ1n) is 12.0. The molecule has 1 heterocycles. The van der Waals surface area contributed by atoms with Crippen LogP contribution in [0.25, 0.3) is 0 Å². The van der Waals surface area contributed by atoms with Gasteiger partial charge in [-0.15, -0.1) is 11.6 Å². The summed E-state index contributed by atoms with van der Waals surface area (Å²) in [6.07, 6.45) is -1.19. The molecule has 1 saturated heterocycles. The second-order valence-electron chi connectivity index (χ2n) is 10.2. The normalized spacial score (nSPS) is 19.4. The molecular formula is C27H34ClN3O5. The van der Waals surface area contributed by atoms with Crippen molar-refractivity contribution in [1.82, 2.24) is 15.5 Å². The molecule has 0 aromatic heterocycles. The SMILES string of the molecule is Cc1c(O)cccc1C(=O)NC(Cc1ccccc1)C(O)C(=O)N1CC(Cl)CC1C(=O)NC(C)(C)C. The fourth-order valence-electron chi connectivity index (χ4n) is 4.30. The number of rotatable bonds is 7. The molecule has 0 bridgehead atoms. The molecule has 0 spiro atoms. The van der Waals surface area contributed by atoms with Gasteiger partial charge in [-0.05, 0) is 58.2 Å². The van der Waals surface area contributed by atoms with Crippen molar-refractivity contribution in [1.29, 1.82) is 0 Å². The average molecular weight is 516 g/mol. The highest BCUT2D eigenvalue weighted by molar-refractivity contribution is 6.21. The monoisotopic (exact) mass is 515 g/mol. The molecule has 3 amide bonds. The lowest BCUT2D eigenvalue weighted by Gasteiger charge is -2.32. The van der Waals surface area contributed by atoms with E-state index in [0.717, 1.165) is 5.56 Å². The van der Waals surface area contributed by atoms with Crippen molar-refractivity contribution in [3.05, 3.63) is 65.2 Å². The summed E-state index contributed by atoms with van der Waals surface area (Å²) in [5.74, 6) is -1.59. The molecule has 1 aliphatic rings. The van der Waals surface area contributed by atoms with Gasteiger partial charge in [0.05, 0.1) is 11.4 Å². The summed E-state index contributed by atoms with van der Waals surface area (Å²) in [5.41, 5.74) is 0.924. The molecule has 0 aliphatic carbocycles. The van der Waals surface area contributed by atoms with Crippen LogP contribution in [0, 0.1) is 6.92 Å². The van der Waals surface area contributed by atoms with Crippen LogP contribution >= 0.6 is 11.6 Å². The number of nitrogens with one attached hydrogen (secondary N) is 2. The molecule has 3 rings (SSSR count). The van der Waals surface area contributed by atoms with Crippen LogP contribution in [-0.2, 0) is 16.0 Å². The first kappa shape index (κ1) is 27.5. The molecule has 194 valence electrons. The Kier molecular flexibility index (Phi) is 8.63. The number of phenolic OH excluding ortho intramolecular Hbond substituents is 1. The summed E-state index contributed by atoms with van der Waals surface area (Å²) in [6.45, 7) is 7.24. The Morgan fingerprint density at radius 1 is 1.11 bits per heavy atom. The molecule has 0 radical (unpaired) electrons. The maximum Gasteiger partial charge on any atom is 0.254 e. The van der Waals surface area contributed by atoms with E-state index in [-0.39, 0.29) is 36.6 Å². The molecule has 2 aromatic rings. The van der Waals surface area contributed by atoms with E-state index < -0.39 is 40.9 Å². The highest BCUT2D eigenvalue weighted by atomic mass is 35.5. The number of nitrogens with zero attached hydrogens (tertiary/aromatic N) is 1. The number of alkyl halides is 1. The van der Waals surface area contributed by atoms with Gasteiger partial charge >= 0.3 is 0 Å². The summed E-state index contributed by atoms with van der Waals surface area (Å²) in [6, 6.07) is 11.9. The number of hydrogen-bond donors (Lipinski definition) is 4. The number of carbonyl (C=O) groups is 3. The summed E-state index contributed by atoms with van der Waals surface area (Å²) in [5, 5.41) is 26.4. The molecule has 9 heteroatoms. The number of carbonyl (C=O) groups excluding carboxylic acids is 3. The lowest BCUT2D eigenvalue weighted by Crippen LogP contribution is -2.57. The number of aliphatic hydroxyl groups is 1.